The molecule has 0 aromatic heterocycles. The number of cyclic esters (lactones) is 8. The molecule has 166 valence electrons. The van der Waals surface area contributed by atoms with E-state index in [0.29, 0.717) is 0 Å². The summed E-state index contributed by atoms with van der Waals surface area (Å²) in [5, 5.41) is 0. The molecule has 1 saturated carbocycles. The van der Waals surface area contributed by atoms with Crippen LogP contribution < -0.4 is 0 Å². The maximum absolute atomic E-state index is 11.7. The van der Waals surface area contributed by atoms with Crippen LogP contribution in [0.4, 0.5) is 0 Å². The highest BCUT2D eigenvalue weighted by molar-refractivity contribution is 6.03. The predicted octanol–water partition coefficient (Wildman–Crippen LogP) is -1.40. The van der Waals surface area contributed by atoms with E-state index in [4.69, 9.17) is 0 Å². The van der Waals surface area contributed by atoms with Gasteiger partial charge >= 0.3 is 47.8 Å². The van der Waals surface area contributed by atoms with Crippen LogP contribution in [0.25, 0.3) is 0 Å². The van der Waals surface area contributed by atoms with Gasteiger partial charge in [0, 0.05) is 11.8 Å². The zero-order chi connectivity index (χ0) is 22.9. The van der Waals surface area contributed by atoms with E-state index in [9.17, 15) is 38.4 Å². The van der Waals surface area contributed by atoms with Crippen LogP contribution in [0.2, 0.25) is 0 Å². The first-order valence-electron chi connectivity index (χ1n) is 9.85. The van der Waals surface area contributed by atoms with Gasteiger partial charge in [-0.1, -0.05) is 12.2 Å². The Labute approximate surface area is 178 Å². The molecule has 5 fully saturated rings. The van der Waals surface area contributed by atoms with E-state index in [1.807, 2.05) is 0 Å². The monoisotopic (exact) mass is 446 g/mol. The third-order valence-corrected chi connectivity index (χ3v) is 6.77. The number of allylic oxidation sites excluding steroid dienone is 2. The van der Waals surface area contributed by atoms with E-state index in [2.05, 4.69) is 18.9 Å². The lowest BCUT2D eigenvalue weighted by Gasteiger charge is -2.42. The molecule has 7 rings (SSSR count). The van der Waals surface area contributed by atoms with Crippen molar-refractivity contribution in [1.29, 1.82) is 0 Å². The molecule has 6 atom stereocenters. The van der Waals surface area contributed by atoms with Crippen molar-refractivity contribution >= 4 is 47.8 Å². The van der Waals surface area contributed by atoms with Gasteiger partial charge in [0.1, 0.15) is 0 Å². The van der Waals surface area contributed by atoms with E-state index >= 15 is 0 Å². The molecule has 4 aliphatic heterocycles. The molecule has 3 aliphatic carbocycles. The second kappa shape index (κ2) is 6.90. The summed E-state index contributed by atoms with van der Waals surface area (Å²) in [4.78, 5) is 90.3. The Morgan fingerprint density at radius 3 is 1.03 bits per heavy atom. The molecule has 12 heteroatoms. The number of carbonyl (C=O) groups is 8. The Bertz CT molecular complexity index is 931. The fourth-order valence-corrected chi connectivity index (χ4v) is 5.42. The zero-order valence-corrected chi connectivity index (χ0v) is 16.1. The third-order valence-electron chi connectivity index (χ3n) is 6.77. The summed E-state index contributed by atoms with van der Waals surface area (Å²) in [7, 11) is 0. The highest BCUT2D eigenvalue weighted by Gasteiger charge is 2.67. The minimum atomic E-state index is -0.846. The van der Waals surface area contributed by atoms with Crippen LogP contribution in [0, 0.1) is 47.3 Å². The van der Waals surface area contributed by atoms with Crippen molar-refractivity contribution in [2.45, 2.75) is 12.8 Å². The van der Waals surface area contributed by atoms with Gasteiger partial charge in [0.05, 0.1) is 48.3 Å². The summed E-state index contributed by atoms with van der Waals surface area (Å²) in [5.74, 6) is -10.3. The fraction of sp³-hybridized carbons (Fsp3) is 0.500. The molecule has 0 N–H and O–H groups in total. The average molecular weight is 446 g/mol. The van der Waals surface area contributed by atoms with Gasteiger partial charge in [0.15, 0.2) is 0 Å². The number of esters is 8. The minimum Gasteiger partial charge on any atom is -0.393 e. The normalized spacial score (nSPS) is 41.0. The lowest BCUT2D eigenvalue weighted by Crippen LogP contribution is -2.50. The van der Waals surface area contributed by atoms with Crippen molar-refractivity contribution in [3.63, 3.8) is 0 Å². The third kappa shape index (κ3) is 2.82. The SMILES string of the molecule is O=C1CC(C2CC(=O)OC2=O)C(=O)O1.O=C1OC(=O)C2C3C=CC(C12)C1C(=O)OC(=O)C31. The highest BCUT2D eigenvalue weighted by Crippen LogP contribution is 2.56. The number of rotatable bonds is 1. The quantitative estimate of drug-likeness (QED) is 0.200. The molecule has 6 unspecified atom stereocenters. The van der Waals surface area contributed by atoms with Gasteiger partial charge in [-0.05, 0) is 0 Å². The molecular weight excluding hydrogens is 432 g/mol. The number of hydrogen-bond donors (Lipinski definition) is 0. The molecule has 4 saturated heterocycles. The second-order valence-corrected chi connectivity index (χ2v) is 8.33. The smallest absolute Gasteiger partial charge is 0.318 e. The van der Waals surface area contributed by atoms with Crippen LogP contribution in [0.1, 0.15) is 12.8 Å². The van der Waals surface area contributed by atoms with Crippen LogP contribution >= 0.6 is 0 Å². The maximum atomic E-state index is 11.7. The molecule has 0 aromatic rings. The number of hydrogen-bond acceptors (Lipinski definition) is 12. The van der Waals surface area contributed by atoms with Gasteiger partial charge in [-0.2, -0.15) is 0 Å². The van der Waals surface area contributed by atoms with E-state index in [1.165, 1.54) is 0 Å². The lowest BCUT2D eigenvalue weighted by atomic mass is 9.54. The molecule has 12 nitrogen and oxygen atoms in total. The van der Waals surface area contributed by atoms with Gasteiger partial charge in [-0.3, -0.25) is 38.4 Å². The Balaban J connectivity index is 0.000000140. The molecule has 7 aliphatic rings. The molecular formula is C20H14O12. The molecule has 0 radical (unpaired) electrons. The Hall–Kier alpha value is -3.70. The van der Waals surface area contributed by atoms with Crippen LogP contribution in [-0.4, -0.2) is 47.8 Å². The largest absolute Gasteiger partial charge is 0.393 e. The minimum absolute atomic E-state index is 0.147. The van der Waals surface area contributed by atoms with Crippen molar-refractivity contribution in [2.75, 3.05) is 0 Å². The van der Waals surface area contributed by atoms with Crippen LogP contribution in [0.15, 0.2) is 12.2 Å². The first-order chi connectivity index (χ1) is 15.2. The van der Waals surface area contributed by atoms with E-state index in [1.54, 1.807) is 12.2 Å². The Morgan fingerprint density at radius 2 is 0.781 bits per heavy atom. The van der Waals surface area contributed by atoms with Crippen molar-refractivity contribution in [3.05, 3.63) is 12.2 Å². The van der Waals surface area contributed by atoms with Gasteiger partial charge in [-0.15, -0.1) is 0 Å². The highest BCUT2D eigenvalue weighted by atomic mass is 16.6. The van der Waals surface area contributed by atoms with Crippen LogP contribution in [-0.2, 0) is 57.3 Å². The predicted molar refractivity (Wildman–Crippen MR) is 90.7 cm³/mol. The van der Waals surface area contributed by atoms with Gasteiger partial charge in [-0.25, -0.2) is 0 Å². The Morgan fingerprint density at radius 1 is 0.469 bits per heavy atom. The van der Waals surface area contributed by atoms with E-state index in [-0.39, 0.29) is 12.8 Å². The van der Waals surface area contributed by atoms with Gasteiger partial charge in [0.25, 0.3) is 0 Å². The molecule has 0 amide bonds. The topological polar surface area (TPSA) is 173 Å². The maximum Gasteiger partial charge on any atom is 0.318 e. The van der Waals surface area contributed by atoms with Gasteiger partial charge in [0.2, 0.25) is 0 Å². The van der Waals surface area contributed by atoms with Crippen LogP contribution in [0.5, 0.6) is 0 Å². The van der Waals surface area contributed by atoms with Crippen molar-refractivity contribution in [1.82, 2.24) is 0 Å². The summed E-state index contributed by atoms with van der Waals surface area (Å²) in [6.07, 6.45) is 3.19. The first-order valence-corrected chi connectivity index (χ1v) is 9.85. The summed E-state index contributed by atoms with van der Waals surface area (Å²) in [5.41, 5.74) is 0. The number of carbonyl (C=O) groups excluding carboxylic acids is 8. The molecule has 2 bridgehead atoms. The first kappa shape index (κ1) is 20.2. The molecule has 0 aromatic carbocycles. The molecule has 32 heavy (non-hydrogen) atoms. The van der Waals surface area contributed by atoms with E-state index < -0.39 is 95.1 Å². The molecule has 4 heterocycles. The van der Waals surface area contributed by atoms with Crippen molar-refractivity contribution in [2.24, 2.45) is 47.3 Å². The number of ether oxygens (including phenoxy) is 4. The summed E-state index contributed by atoms with van der Waals surface area (Å²) in [6, 6.07) is 0. The summed E-state index contributed by atoms with van der Waals surface area (Å²) < 4.78 is 17.8. The van der Waals surface area contributed by atoms with Crippen LogP contribution in [0.3, 0.4) is 0 Å². The standard InChI is InChI=1S/C12H8O6.C8H6O6/c13-9-5-3-1-2-4(7(5)11(15)17-9)8-6(3)10(14)18-12(8)16;9-5-1-3(7(11)13-5)4-2-6(10)14-8(4)12/h1-8H;3-4H,1-2H2. The van der Waals surface area contributed by atoms with Crippen molar-refractivity contribution < 1.29 is 57.3 Å². The Kier molecular flexibility index (Phi) is 4.36. The van der Waals surface area contributed by atoms with Gasteiger partial charge < -0.3 is 18.9 Å². The fourth-order valence-electron chi connectivity index (χ4n) is 5.42. The summed E-state index contributed by atoms with van der Waals surface area (Å²) >= 11 is 0. The lowest BCUT2D eigenvalue weighted by molar-refractivity contribution is -0.158. The van der Waals surface area contributed by atoms with Crippen molar-refractivity contribution in [3.8, 4) is 0 Å². The molecule has 0 spiro atoms. The second-order valence-electron chi connectivity index (χ2n) is 8.33. The van der Waals surface area contributed by atoms with E-state index in [0.717, 1.165) is 0 Å². The summed E-state index contributed by atoms with van der Waals surface area (Å²) in [6.45, 7) is 0. The average Bonchev–Trinajstić information content (AvgIpc) is 3.43. The zero-order valence-electron chi connectivity index (χ0n) is 16.1.